The number of rotatable bonds is 5. The SMILES string of the molecule is [C-]#[N+]c1ccc(-c2ccc3c4ccccc4n(-c4cc(-c5cccc(C#N)c5)cc(-n5c6ccccc6c6ccc(-c7ccc(C#N)cc7[N+]#[C-])cc65)c4C#N)c3c2)c(C#N)c1. The third-order valence-electron chi connectivity index (χ3n) is 11.5. The molecule has 10 rings (SSSR count). The molecule has 8 heteroatoms. The molecule has 0 amide bonds. The van der Waals surface area contributed by atoms with Crippen LogP contribution in [-0.2, 0) is 0 Å². The van der Waals surface area contributed by atoms with Crippen molar-refractivity contribution in [1.82, 2.24) is 9.13 Å². The number of nitrogens with zero attached hydrogens (tertiary/aromatic N) is 8. The van der Waals surface area contributed by atoms with Gasteiger partial charge in [-0.1, -0.05) is 91.0 Å². The quantitative estimate of drug-likeness (QED) is 0.162. The Kier molecular flexibility index (Phi) is 8.62. The van der Waals surface area contributed by atoms with E-state index in [1.165, 1.54) is 0 Å². The van der Waals surface area contributed by atoms with Crippen molar-refractivity contribution in [2.75, 3.05) is 0 Å². The highest BCUT2D eigenvalue weighted by Crippen LogP contribution is 2.43. The normalized spacial score (nSPS) is 10.8. The van der Waals surface area contributed by atoms with Crippen LogP contribution in [0.5, 0.6) is 0 Å². The number of hydrogen-bond donors (Lipinski definition) is 0. The predicted octanol–water partition coefficient (Wildman–Crippen LogP) is 13.5. The van der Waals surface area contributed by atoms with Crippen molar-refractivity contribution in [3.05, 3.63) is 203 Å². The van der Waals surface area contributed by atoms with Crippen LogP contribution in [0.4, 0.5) is 11.4 Å². The highest BCUT2D eigenvalue weighted by Gasteiger charge is 2.24. The van der Waals surface area contributed by atoms with Gasteiger partial charge in [0, 0.05) is 32.7 Å². The highest BCUT2D eigenvalue weighted by atomic mass is 15.0. The van der Waals surface area contributed by atoms with Crippen molar-refractivity contribution in [1.29, 1.82) is 21.0 Å². The molecule has 0 bridgehead atoms. The highest BCUT2D eigenvalue weighted by molar-refractivity contribution is 6.12. The maximum atomic E-state index is 11.5. The number of aromatic nitrogens is 2. The van der Waals surface area contributed by atoms with E-state index in [4.69, 9.17) is 13.1 Å². The van der Waals surface area contributed by atoms with E-state index >= 15 is 0 Å². The van der Waals surface area contributed by atoms with Crippen LogP contribution in [0.15, 0.2) is 158 Å². The molecule has 2 heterocycles. The molecule has 62 heavy (non-hydrogen) atoms. The zero-order chi connectivity index (χ0) is 42.5. The Bertz CT molecular complexity index is 3620. The number of hydrogen-bond acceptors (Lipinski definition) is 4. The largest absolute Gasteiger partial charge is 0.308 e. The fourth-order valence-electron chi connectivity index (χ4n) is 8.69. The molecular weight excluding hydrogens is 761 g/mol. The van der Waals surface area contributed by atoms with E-state index in [9.17, 15) is 21.0 Å². The lowest BCUT2D eigenvalue weighted by Crippen LogP contribution is -2.05. The summed E-state index contributed by atoms with van der Waals surface area (Å²) in [6.07, 6.45) is 0. The molecular formula is C54H26N8. The Hall–Kier alpha value is -9.70. The van der Waals surface area contributed by atoms with E-state index < -0.39 is 0 Å². The average molecular weight is 787 g/mol. The van der Waals surface area contributed by atoms with Gasteiger partial charge in [0.15, 0.2) is 11.4 Å². The van der Waals surface area contributed by atoms with Crippen LogP contribution in [0.2, 0.25) is 0 Å². The summed E-state index contributed by atoms with van der Waals surface area (Å²) in [5.74, 6) is 0. The van der Waals surface area contributed by atoms with Crippen LogP contribution in [0.25, 0.3) is 98.1 Å². The standard InChI is InChI=1S/C54H26N8/c1-59-40-17-21-41(39(24-40)31-57)36-15-19-45-43-10-3-5-12-49(43)61(51(45)25-36)53-27-38(35-9-7-8-33(22-35)29-55)28-54(47(53)32-58)62-50-13-6-4-11-44(50)46-20-16-37(26-52(46)62)42-18-14-34(30-56)23-48(42)60-2/h3-28H. The van der Waals surface area contributed by atoms with Crippen LogP contribution in [0.3, 0.4) is 0 Å². The fourth-order valence-corrected chi connectivity index (χ4v) is 8.69. The molecule has 2 aromatic heterocycles. The molecule has 0 saturated carbocycles. The van der Waals surface area contributed by atoms with Gasteiger partial charge in [-0.05, 0) is 100 Å². The monoisotopic (exact) mass is 786 g/mol. The van der Waals surface area contributed by atoms with E-state index in [0.29, 0.717) is 56.1 Å². The summed E-state index contributed by atoms with van der Waals surface area (Å²) in [5, 5.41) is 45.0. The average Bonchev–Trinajstić information content (AvgIpc) is 3.84. The maximum Gasteiger partial charge on any atom is 0.196 e. The third kappa shape index (κ3) is 5.71. The summed E-state index contributed by atoms with van der Waals surface area (Å²) < 4.78 is 4.21. The lowest BCUT2D eigenvalue weighted by atomic mass is 9.97. The van der Waals surface area contributed by atoms with E-state index in [-0.39, 0.29) is 0 Å². The second-order valence-corrected chi connectivity index (χ2v) is 14.8. The van der Waals surface area contributed by atoms with Gasteiger partial charge in [-0.2, -0.15) is 21.0 Å². The summed E-state index contributed by atoms with van der Waals surface area (Å²) in [6, 6.07) is 59.1. The van der Waals surface area contributed by atoms with Gasteiger partial charge in [-0.25, -0.2) is 9.69 Å². The second-order valence-electron chi connectivity index (χ2n) is 14.8. The molecule has 0 aliphatic heterocycles. The molecule has 0 spiro atoms. The molecule has 0 saturated heterocycles. The number of para-hydroxylation sites is 2. The molecule has 0 aliphatic rings. The lowest BCUT2D eigenvalue weighted by Gasteiger charge is -2.19. The minimum absolute atomic E-state index is 0.361. The van der Waals surface area contributed by atoms with Crippen LogP contribution in [0.1, 0.15) is 22.3 Å². The van der Waals surface area contributed by atoms with Gasteiger partial charge in [0.1, 0.15) is 11.6 Å². The van der Waals surface area contributed by atoms with E-state index in [2.05, 4.69) is 55.2 Å². The summed E-state index contributed by atoms with van der Waals surface area (Å²) in [6.45, 7) is 15.5. The zero-order valence-electron chi connectivity index (χ0n) is 32.6. The van der Waals surface area contributed by atoms with Crippen LogP contribution >= 0.6 is 0 Å². The number of nitriles is 4. The van der Waals surface area contributed by atoms with E-state index in [1.807, 2.05) is 103 Å². The van der Waals surface area contributed by atoms with Gasteiger partial charge < -0.3 is 9.13 Å². The van der Waals surface area contributed by atoms with Crippen molar-refractivity contribution in [2.24, 2.45) is 0 Å². The summed E-state index contributed by atoms with van der Waals surface area (Å²) in [7, 11) is 0. The maximum absolute atomic E-state index is 11.5. The van der Waals surface area contributed by atoms with Gasteiger partial charge in [0.2, 0.25) is 0 Å². The number of fused-ring (bicyclic) bond motifs is 6. The minimum atomic E-state index is 0.361. The van der Waals surface area contributed by atoms with Crippen LogP contribution in [0, 0.1) is 58.5 Å². The molecule has 0 unspecified atom stereocenters. The smallest absolute Gasteiger partial charge is 0.196 e. The molecule has 0 radical (unpaired) electrons. The Morgan fingerprint density at radius 2 is 0.984 bits per heavy atom. The molecule has 0 aliphatic carbocycles. The van der Waals surface area contributed by atoms with Gasteiger partial charge in [0.05, 0.1) is 70.4 Å². The van der Waals surface area contributed by atoms with Gasteiger partial charge >= 0.3 is 0 Å². The van der Waals surface area contributed by atoms with Crippen molar-refractivity contribution in [2.45, 2.75) is 0 Å². The molecule has 0 atom stereocenters. The first-order valence-electron chi connectivity index (χ1n) is 19.5. The van der Waals surface area contributed by atoms with Gasteiger partial charge in [-0.15, -0.1) is 0 Å². The molecule has 8 nitrogen and oxygen atoms in total. The van der Waals surface area contributed by atoms with Crippen LogP contribution < -0.4 is 0 Å². The lowest BCUT2D eigenvalue weighted by molar-refractivity contribution is 1.12. The summed E-state index contributed by atoms with van der Waals surface area (Å²) in [4.78, 5) is 7.31. The molecule has 10 aromatic rings. The van der Waals surface area contributed by atoms with Crippen molar-refractivity contribution in [3.8, 4) is 69.0 Å². The first-order valence-corrected chi connectivity index (χ1v) is 19.5. The summed E-state index contributed by atoms with van der Waals surface area (Å²) >= 11 is 0. The minimum Gasteiger partial charge on any atom is -0.308 e. The Balaban J connectivity index is 1.33. The van der Waals surface area contributed by atoms with E-state index in [0.717, 1.165) is 65.9 Å². The van der Waals surface area contributed by atoms with Crippen molar-refractivity contribution >= 4 is 55.0 Å². The predicted molar refractivity (Wildman–Crippen MR) is 243 cm³/mol. The van der Waals surface area contributed by atoms with Crippen molar-refractivity contribution in [3.63, 3.8) is 0 Å². The molecule has 0 fully saturated rings. The van der Waals surface area contributed by atoms with Crippen molar-refractivity contribution < 1.29 is 0 Å². The first-order chi connectivity index (χ1) is 30.5. The Morgan fingerprint density at radius 1 is 0.403 bits per heavy atom. The Labute approximate surface area is 355 Å². The zero-order valence-corrected chi connectivity index (χ0v) is 32.6. The molecule has 282 valence electrons. The van der Waals surface area contributed by atoms with Crippen LogP contribution in [-0.4, -0.2) is 9.13 Å². The number of benzene rings is 8. The Morgan fingerprint density at radius 3 is 1.56 bits per heavy atom. The fraction of sp³-hybridized carbons (Fsp3) is 0. The van der Waals surface area contributed by atoms with E-state index in [1.54, 1.807) is 42.5 Å². The molecule has 8 aromatic carbocycles. The topological polar surface area (TPSA) is 114 Å². The molecule has 0 N–H and O–H groups in total. The third-order valence-corrected chi connectivity index (χ3v) is 11.5. The summed E-state index contributed by atoms with van der Waals surface area (Å²) in [5.41, 5.74) is 11.5. The van der Waals surface area contributed by atoms with Gasteiger partial charge in [0.25, 0.3) is 0 Å². The second kappa shape index (κ2) is 14.6. The van der Waals surface area contributed by atoms with Gasteiger partial charge in [-0.3, -0.25) is 0 Å². The first kappa shape index (κ1) is 36.6.